The van der Waals surface area contributed by atoms with Gasteiger partial charge in [-0.05, 0) is 57.5 Å². The van der Waals surface area contributed by atoms with Crippen LogP contribution in [0.25, 0.3) is 4.96 Å². The number of rotatable bonds is 5. The minimum absolute atomic E-state index is 0.0789. The predicted octanol–water partition coefficient (Wildman–Crippen LogP) is 3.82. The van der Waals surface area contributed by atoms with Gasteiger partial charge in [-0.1, -0.05) is 35.1 Å². The molecule has 3 heterocycles. The molecule has 154 valence electrons. The Kier molecular flexibility index (Phi) is 5.76. The lowest BCUT2D eigenvalue weighted by atomic mass is 9.93. The number of aromatic nitrogens is 3. The van der Waals surface area contributed by atoms with E-state index in [9.17, 15) is 9.90 Å². The van der Waals surface area contributed by atoms with Gasteiger partial charge >= 0.3 is 5.97 Å². The molecule has 1 aliphatic rings. The molecule has 0 bridgehead atoms. The molecule has 0 saturated carbocycles. The number of ether oxygens (including phenoxy) is 1. The van der Waals surface area contributed by atoms with Gasteiger partial charge in [-0.15, -0.1) is 5.10 Å². The number of piperidine rings is 1. The summed E-state index contributed by atoms with van der Waals surface area (Å²) >= 11 is 7.69. The lowest BCUT2D eigenvalue weighted by Gasteiger charge is -2.36. The Morgan fingerprint density at radius 1 is 1.41 bits per heavy atom. The standard InChI is InChI=1S/C20H23ClN4O3S/c1-3-28-19(27)13-7-9-24(10-8-13)16(14-5-4-6-15(21)11-14)17-18(26)25-20(29-17)22-12(2)23-25/h4-6,11,13,16,26H,3,7-10H2,1-2H3/t16-/m0/s1. The van der Waals surface area contributed by atoms with Gasteiger partial charge < -0.3 is 9.84 Å². The fourth-order valence-electron chi connectivity index (χ4n) is 3.88. The highest BCUT2D eigenvalue weighted by molar-refractivity contribution is 7.17. The van der Waals surface area contributed by atoms with E-state index in [0.29, 0.717) is 35.5 Å². The number of carbonyl (C=O) groups is 1. The molecule has 1 aromatic carbocycles. The summed E-state index contributed by atoms with van der Waals surface area (Å²) in [7, 11) is 0. The minimum atomic E-state index is -0.189. The topological polar surface area (TPSA) is 80.0 Å². The summed E-state index contributed by atoms with van der Waals surface area (Å²) in [6.45, 7) is 5.46. The number of aryl methyl sites for hydroxylation is 1. The maximum atomic E-state index is 12.1. The lowest BCUT2D eigenvalue weighted by molar-refractivity contribution is -0.149. The smallest absolute Gasteiger partial charge is 0.309 e. The van der Waals surface area contributed by atoms with E-state index in [0.717, 1.165) is 23.3 Å². The molecule has 0 unspecified atom stereocenters. The zero-order chi connectivity index (χ0) is 20.5. The van der Waals surface area contributed by atoms with E-state index in [4.69, 9.17) is 16.3 Å². The second-order valence-corrected chi connectivity index (χ2v) is 8.61. The minimum Gasteiger partial charge on any atom is -0.492 e. The van der Waals surface area contributed by atoms with Gasteiger partial charge in [0.1, 0.15) is 5.82 Å². The van der Waals surface area contributed by atoms with Crippen LogP contribution in [0.5, 0.6) is 5.88 Å². The maximum absolute atomic E-state index is 12.1. The number of likely N-dealkylation sites (tertiary alicyclic amines) is 1. The first-order valence-electron chi connectivity index (χ1n) is 9.69. The highest BCUT2D eigenvalue weighted by atomic mass is 35.5. The monoisotopic (exact) mass is 434 g/mol. The van der Waals surface area contributed by atoms with Gasteiger partial charge in [-0.2, -0.15) is 4.52 Å². The fourth-order valence-corrected chi connectivity index (χ4v) is 5.25. The van der Waals surface area contributed by atoms with Crippen LogP contribution >= 0.6 is 22.9 Å². The average molecular weight is 435 g/mol. The van der Waals surface area contributed by atoms with Crippen molar-refractivity contribution in [3.63, 3.8) is 0 Å². The first-order chi connectivity index (χ1) is 14.0. The largest absolute Gasteiger partial charge is 0.492 e. The molecule has 1 fully saturated rings. The second-order valence-electron chi connectivity index (χ2n) is 7.16. The summed E-state index contributed by atoms with van der Waals surface area (Å²) in [4.78, 5) is 20.2. The van der Waals surface area contributed by atoms with Crippen molar-refractivity contribution in [3.05, 3.63) is 45.6 Å². The average Bonchev–Trinajstić information content (AvgIpc) is 3.20. The van der Waals surface area contributed by atoms with Crippen molar-refractivity contribution in [3.8, 4) is 5.88 Å². The predicted molar refractivity (Wildman–Crippen MR) is 111 cm³/mol. The molecule has 0 radical (unpaired) electrons. The van der Waals surface area contributed by atoms with Crippen molar-refractivity contribution in [2.75, 3.05) is 19.7 Å². The van der Waals surface area contributed by atoms with Gasteiger partial charge in [-0.3, -0.25) is 9.69 Å². The Morgan fingerprint density at radius 3 is 2.83 bits per heavy atom. The second kappa shape index (κ2) is 8.30. The molecule has 1 saturated heterocycles. The van der Waals surface area contributed by atoms with Crippen LogP contribution in [0.4, 0.5) is 0 Å². The van der Waals surface area contributed by atoms with Crippen molar-refractivity contribution in [2.24, 2.45) is 5.92 Å². The Hall–Kier alpha value is -2.16. The first-order valence-corrected chi connectivity index (χ1v) is 10.9. The quantitative estimate of drug-likeness (QED) is 0.615. The number of esters is 1. The van der Waals surface area contributed by atoms with E-state index < -0.39 is 0 Å². The number of nitrogens with zero attached hydrogens (tertiary/aromatic N) is 4. The number of benzene rings is 1. The van der Waals surface area contributed by atoms with Crippen LogP contribution in [0.1, 0.15) is 42.1 Å². The Labute approximate surface area is 177 Å². The van der Waals surface area contributed by atoms with Gasteiger partial charge in [0.25, 0.3) is 0 Å². The molecule has 2 aromatic heterocycles. The summed E-state index contributed by atoms with van der Waals surface area (Å²) in [5.74, 6) is 0.518. The van der Waals surface area contributed by atoms with E-state index in [2.05, 4.69) is 15.0 Å². The van der Waals surface area contributed by atoms with Crippen molar-refractivity contribution >= 4 is 33.9 Å². The van der Waals surface area contributed by atoms with Crippen molar-refractivity contribution in [2.45, 2.75) is 32.7 Å². The molecule has 1 atom stereocenters. The van der Waals surface area contributed by atoms with Gasteiger partial charge in [0, 0.05) is 5.02 Å². The third kappa shape index (κ3) is 3.97. The summed E-state index contributed by atoms with van der Waals surface area (Å²) in [5.41, 5.74) is 0.989. The van der Waals surface area contributed by atoms with E-state index in [1.54, 1.807) is 6.92 Å². The molecule has 29 heavy (non-hydrogen) atoms. The molecule has 4 rings (SSSR count). The highest BCUT2D eigenvalue weighted by Gasteiger charge is 2.34. The van der Waals surface area contributed by atoms with Crippen LogP contribution < -0.4 is 0 Å². The fraction of sp³-hybridized carbons (Fsp3) is 0.450. The number of carbonyl (C=O) groups excluding carboxylic acids is 1. The summed E-state index contributed by atoms with van der Waals surface area (Å²) in [6.07, 6.45) is 1.44. The Balaban J connectivity index is 1.67. The summed E-state index contributed by atoms with van der Waals surface area (Å²) in [6, 6.07) is 7.49. The maximum Gasteiger partial charge on any atom is 0.309 e. The summed E-state index contributed by atoms with van der Waals surface area (Å²) < 4.78 is 6.67. The number of aromatic hydroxyl groups is 1. The van der Waals surface area contributed by atoms with E-state index in [1.807, 2.05) is 31.2 Å². The highest BCUT2D eigenvalue weighted by Crippen LogP contribution is 2.41. The number of hydrogen-bond donors (Lipinski definition) is 1. The van der Waals surface area contributed by atoms with Crippen LogP contribution in [0, 0.1) is 12.8 Å². The van der Waals surface area contributed by atoms with E-state index in [1.165, 1.54) is 15.9 Å². The van der Waals surface area contributed by atoms with Crippen LogP contribution in [-0.2, 0) is 9.53 Å². The molecule has 1 N–H and O–H groups in total. The lowest BCUT2D eigenvalue weighted by Crippen LogP contribution is -2.39. The Bertz CT molecular complexity index is 1030. The van der Waals surface area contributed by atoms with E-state index in [-0.39, 0.29) is 23.8 Å². The molecule has 7 nitrogen and oxygen atoms in total. The third-order valence-corrected chi connectivity index (χ3v) is 6.54. The number of hydrogen-bond acceptors (Lipinski definition) is 7. The van der Waals surface area contributed by atoms with Crippen LogP contribution in [0.3, 0.4) is 0 Å². The van der Waals surface area contributed by atoms with Gasteiger partial charge in [0.2, 0.25) is 10.8 Å². The number of halogens is 1. The molecule has 9 heteroatoms. The normalized spacial score (nSPS) is 16.9. The molecule has 1 aliphatic heterocycles. The van der Waals surface area contributed by atoms with E-state index >= 15 is 0 Å². The van der Waals surface area contributed by atoms with Gasteiger partial charge in [0.15, 0.2) is 0 Å². The molecule has 3 aromatic rings. The van der Waals surface area contributed by atoms with Gasteiger partial charge in [-0.25, -0.2) is 4.98 Å². The van der Waals surface area contributed by atoms with Gasteiger partial charge in [0.05, 0.1) is 23.4 Å². The first kappa shape index (κ1) is 20.1. The SMILES string of the molecule is CCOC(=O)C1CCN([C@@H](c2cccc(Cl)c2)c2sc3nc(C)nn3c2O)CC1. The molecule has 0 amide bonds. The molecular formula is C20H23ClN4O3S. The molecular weight excluding hydrogens is 412 g/mol. The van der Waals surface area contributed by atoms with Crippen molar-refractivity contribution in [1.82, 2.24) is 19.5 Å². The third-order valence-electron chi connectivity index (χ3n) is 5.23. The van der Waals surface area contributed by atoms with Crippen LogP contribution in [-0.4, -0.2) is 50.3 Å². The number of fused-ring (bicyclic) bond motifs is 1. The molecule has 0 spiro atoms. The number of thiazole rings is 1. The zero-order valence-electron chi connectivity index (χ0n) is 16.3. The summed E-state index contributed by atoms with van der Waals surface area (Å²) in [5, 5.41) is 15.8. The van der Waals surface area contributed by atoms with Crippen LogP contribution in [0.15, 0.2) is 24.3 Å². The zero-order valence-corrected chi connectivity index (χ0v) is 17.9. The van der Waals surface area contributed by atoms with Crippen LogP contribution in [0.2, 0.25) is 5.02 Å². The molecule has 0 aliphatic carbocycles. The van der Waals surface area contributed by atoms with Crippen molar-refractivity contribution in [1.29, 1.82) is 0 Å². The Morgan fingerprint density at radius 2 is 2.17 bits per heavy atom. The van der Waals surface area contributed by atoms with Crippen molar-refractivity contribution < 1.29 is 14.6 Å².